The van der Waals surface area contributed by atoms with Crippen LogP contribution in [0, 0.1) is 11.3 Å². The monoisotopic (exact) mass is 616 g/mol. The number of fused-ring (bicyclic) bond motifs is 1. The average Bonchev–Trinajstić information content (AvgIpc) is 3.51. The molecule has 0 spiro atoms. The highest BCUT2D eigenvalue weighted by atomic mass is 31.2. The Kier molecular flexibility index (Phi) is 9.46. The van der Waals surface area contributed by atoms with Gasteiger partial charge in [0.15, 0.2) is 5.82 Å². The van der Waals surface area contributed by atoms with Gasteiger partial charge in [0, 0.05) is 0 Å². The molecule has 232 valence electrons. The summed E-state index contributed by atoms with van der Waals surface area (Å²) in [5.41, 5.74) is 5.15. The number of esters is 1. The lowest BCUT2D eigenvalue weighted by Gasteiger charge is -2.26. The van der Waals surface area contributed by atoms with Gasteiger partial charge in [0.1, 0.15) is 48.0 Å². The minimum absolute atomic E-state index is 0.0944. The fourth-order valence-electron chi connectivity index (χ4n) is 4.58. The van der Waals surface area contributed by atoms with E-state index in [0.29, 0.717) is 11.9 Å². The number of nitrogens with one attached hydrogen (secondary N) is 1. The van der Waals surface area contributed by atoms with Gasteiger partial charge in [0.2, 0.25) is 5.60 Å². The maximum absolute atomic E-state index is 14.0. The number of hydrogen-bond donors (Lipinski definition) is 4. The van der Waals surface area contributed by atoms with Gasteiger partial charge in [0.05, 0.1) is 18.9 Å². The van der Waals surface area contributed by atoms with Gasteiger partial charge in [0.25, 0.3) is 0 Å². The van der Waals surface area contributed by atoms with Gasteiger partial charge in [-0.15, -0.1) is 0 Å². The van der Waals surface area contributed by atoms with Crippen molar-refractivity contribution < 1.29 is 38.1 Å². The normalized spacial score (nSPS) is 24.3. The number of nitrogen functional groups attached to an aromatic ring is 1. The molecule has 0 amide bonds. The van der Waals surface area contributed by atoms with Gasteiger partial charge < -0.3 is 29.9 Å². The number of ether oxygens (including phenoxy) is 2. The first-order chi connectivity index (χ1) is 20.2. The molecule has 0 bridgehead atoms. The van der Waals surface area contributed by atoms with Crippen molar-refractivity contribution in [3.05, 3.63) is 54.0 Å². The van der Waals surface area contributed by atoms with Crippen LogP contribution < -0.4 is 15.3 Å². The van der Waals surface area contributed by atoms with Gasteiger partial charge in [-0.1, -0.05) is 39.8 Å². The molecule has 0 radical (unpaired) electrons. The number of carbonyl (C=O) groups is 1. The van der Waals surface area contributed by atoms with Crippen molar-refractivity contribution in [2.45, 2.75) is 76.4 Å². The summed E-state index contributed by atoms with van der Waals surface area (Å²) in [6.07, 6.45) is -2.96. The molecule has 0 saturated carbocycles. The molecule has 1 aliphatic heterocycles. The first-order valence-electron chi connectivity index (χ1n) is 13.8. The quantitative estimate of drug-likeness (QED) is 0.181. The summed E-state index contributed by atoms with van der Waals surface area (Å²) in [6, 6.07) is 10.7. The van der Waals surface area contributed by atoms with Crippen molar-refractivity contribution >= 4 is 25.1 Å². The number of aliphatic hydroxyl groups is 2. The number of anilines is 1. The highest BCUT2D eigenvalue weighted by Gasteiger charge is 2.58. The topological polar surface area (TPSA) is 204 Å². The summed E-state index contributed by atoms with van der Waals surface area (Å²) in [5.74, 6) is -0.350. The zero-order chi connectivity index (χ0) is 31.6. The van der Waals surface area contributed by atoms with Gasteiger partial charge in [-0.3, -0.25) is 9.32 Å². The third-order valence-electron chi connectivity index (χ3n) is 7.00. The van der Waals surface area contributed by atoms with Crippen molar-refractivity contribution in [2.75, 3.05) is 18.9 Å². The van der Waals surface area contributed by atoms with Crippen molar-refractivity contribution in [3.8, 4) is 11.8 Å². The van der Waals surface area contributed by atoms with Crippen LogP contribution in [-0.4, -0.2) is 68.3 Å². The van der Waals surface area contributed by atoms with E-state index >= 15 is 0 Å². The number of nitrogens with two attached hydrogens (primary N) is 1. The van der Waals surface area contributed by atoms with E-state index in [1.165, 1.54) is 23.8 Å². The molecule has 4 rings (SSSR count). The molecule has 1 aliphatic rings. The van der Waals surface area contributed by atoms with E-state index in [1.807, 2.05) is 45.9 Å². The number of aromatic nitrogens is 3. The van der Waals surface area contributed by atoms with Crippen LogP contribution in [0.3, 0.4) is 0 Å². The number of benzene rings is 1. The fourth-order valence-corrected chi connectivity index (χ4v) is 6.09. The van der Waals surface area contributed by atoms with Crippen LogP contribution in [0.5, 0.6) is 5.75 Å². The SMILES string of the molecule is CCCOC(=O)[C@H](C)NP(=O)(OC[C@H]1O[C@@](C#N)(c2ccc3c(N)ncnn23)[C@H](O)[C@@H]1O)Oc1ccc(C(C)(C)C)cc1. The molecule has 3 aromatic rings. The molecule has 3 heterocycles. The second kappa shape index (κ2) is 12.6. The Bertz CT molecular complexity index is 1530. The Morgan fingerprint density at radius 2 is 1.98 bits per heavy atom. The zero-order valence-electron chi connectivity index (χ0n) is 24.6. The van der Waals surface area contributed by atoms with Crippen LogP contribution in [-0.2, 0) is 34.4 Å². The lowest BCUT2D eigenvalue weighted by molar-refractivity contribution is -0.145. The number of aliphatic hydroxyl groups excluding tert-OH is 2. The molecule has 6 atom stereocenters. The van der Waals surface area contributed by atoms with E-state index in [0.717, 1.165) is 5.56 Å². The number of carbonyl (C=O) groups excluding carboxylic acids is 1. The maximum atomic E-state index is 14.0. The van der Waals surface area contributed by atoms with E-state index in [9.17, 15) is 24.8 Å². The van der Waals surface area contributed by atoms with Gasteiger partial charge in [-0.25, -0.2) is 14.1 Å². The Morgan fingerprint density at radius 1 is 1.28 bits per heavy atom. The van der Waals surface area contributed by atoms with E-state index in [2.05, 4.69) is 15.2 Å². The summed E-state index contributed by atoms with van der Waals surface area (Å²) in [7, 11) is -4.34. The minimum atomic E-state index is -4.34. The fraction of sp³-hybridized carbons (Fsp3) is 0.500. The highest BCUT2D eigenvalue weighted by Crippen LogP contribution is 2.47. The molecule has 0 aliphatic carbocycles. The number of hydrogen-bond acceptors (Lipinski definition) is 12. The van der Waals surface area contributed by atoms with Crippen molar-refractivity contribution in [2.24, 2.45) is 0 Å². The predicted molar refractivity (Wildman–Crippen MR) is 155 cm³/mol. The molecule has 14 nitrogen and oxygen atoms in total. The Labute approximate surface area is 249 Å². The first-order valence-corrected chi connectivity index (χ1v) is 15.3. The smallest absolute Gasteiger partial charge is 0.459 e. The molecule has 1 saturated heterocycles. The molecule has 1 unspecified atom stereocenters. The van der Waals surface area contributed by atoms with Crippen LogP contribution in [0.1, 0.15) is 52.3 Å². The number of nitrogens with zero attached hydrogens (tertiary/aromatic N) is 4. The van der Waals surface area contributed by atoms with Crippen LogP contribution >= 0.6 is 7.75 Å². The standard InChI is InChI=1S/C28H37N6O8P/c1-6-13-39-26(37)17(2)33-43(38,42-19-9-7-18(8-10-19)27(3,4)5)40-14-21-23(35)24(36)28(15-29,41-21)22-12-11-20-25(30)31-16-32-34(20)22/h7-12,16-17,21,23-24,35-36H,6,13-14H2,1-5H3,(H,33,38)(H2,30,31,32)/t17-,21+,23+,24+,28-,43?/m0/s1. The van der Waals surface area contributed by atoms with Crippen LogP contribution in [0.4, 0.5) is 5.82 Å². The van der Waals surface area contributed by atoms with Crippen molar-refractivity contribution in [1.29, 1.82) is 5.26 Å². The average molecular weight is 617 g/mol. The van der Waals surface area contributed by atoms with Gasteiger partial charge >= 0.3 is 13.7 Å². The third kappa shape index (κ3) is 6.67. The molecule has 43 heavy (non-hydrogen) atoms. The van der Waals surface area contributed by atoms with Gasteiger partial charge in [-0.2, -0.15) is 15.4 Å². The Balaban J connectivity index is 1.58. The van der Waals surface area contributed by atoms with Crippen LogP contribution in [0.25, 0.3) is 5.52 Å². The Morgan fingerprint density at radius 3 is 2.60 bits per heavy atom. The van der Waals surface area contributed by atoms with Crippen molar-refractivity contribution in [1.82, 2.24) is 19.7 Å². The Hall–Kier alpha value is -3.57. The molecule has 1 aromatic carbocycles. The third-order valence-corrected chi connectivity index (χ3v) is 8.64. The molecular weight excluding hydrogens is 579 g/mol. The number of nitriles is 1. The van der Waals surface area contributed by atoms with E-state index in [-0.39, 0.29) is 29.3 Å². The zero-order valence-corrected chi connectivity index (χ0v) is 25.5. The van der Waals surface area contributed by atoms with Gasteiger partial charge in [-0.05, 0) is 48.6 Å². The van der Waals surface area contributed by atoms with Crippen LogP contribution in [0.2, 0.25) is 0 Å². The first kappa shape index (κ1) is 32.3. The van der Waals surface area contributed by atoms with E-state index < -0.39 is 50.3 Å². The molecule has 2 aromatic heterocycles. The predicted octanol–water partition coefficient (Wildman–Crippen LogP) is 2.58. The van der Waals surface area contributed by atoms with Crippen molar-refractivity contribution in [3.63, 3.8) is 0 Å². The summed E-state index contributed by atoms with van der Waals surface area (Å²) in [5, 5.41) is 38.8. The second-order valence-corrected chi connectivity index (χ2v) is 13.0. The lowest BCUT2D eigenvalue weighted by Crippen LogP contribution is -2.41. The highest BCUT2D eigenvalue weighted by molar-refractivity contribution is 7.52. The van der Waals surface area contributed by atoms with E-state index in [4.69, 9.17) is 24.3 Å². The lowest BCUT2D eigenvalue weighted by atomic mass is 9.87. The summed E-state index contributed by atoms with van der Waals surface area (Å²) in [4.78, 5) is 16.4. The minimum Gasteiger partial charge on any atom is -0.465 e. The molecule has 15 heteroatoms. The second-order valence-electron chi connectivity index (χ2n) is 11.3. The molecule has 5 N–H and O–H groups in total. The number of rotatable bonds is 11. The summed E-state index contributed by atoms with van der Waals surface area (Å²) >= 11 is 0. The summed E-state index contributed by atoms with van der Waals surface area (Å²) < 4.78 is 37.8. The summed E-state index contributed by atoms with van der Waals surface area (Å²) in [6.45, 7) is 8.99. The molecule has 1 fully saturated rings. The van der Waals surface area contributed by atoms with E-state index in [1.54, 1.807) is 18.2 Å². The van der Waals surface area contributed by atoms with Crippen LogP contribution in [0.15, 0.2) is 42.7 Å². The largest absolute Gasteiger partial charge is 0.465 e. The maximum Gasteiger partial charge on any atom is 0.459 e. The molecular formula is C28H37N6O8P.